The fourth-order valence-electron chi connectivity index (χ4n) is 2.52. The van der Waals surface area contributed by atoms with Gasteiger partial charge in [0, 0.05) is 12.5 Å². The van der Waals surface area contributed by atoms with Crippen LogP contribution in [0.25, 0.3) is 0 Å². The highest BCUT2D eigenvalue weighted by atomic mass is 79.9. The van der Waals surface area contributed by atoms with E-state index in [0.29, 0.717) is 0 Å². The first-order chi connectivity index (χ1) is 8.90. The molecule has 1 unspecified atom stereocenters. The van der Waals surface area contributed by atoms with Crippen LogP contribution in [0.3, 0.4) is 0 Å². The molecule has 0 fully saturated rings. The summed E-state index contributed by atoms with van der Waals surface area (Å²) >= 11 is 3.51. The van der Waals surface area contributed by atoms with E-state index in [-0.39, 0.29) is 0 Å². The van der Waals surface area contributed by atoms with Crippen molar-refractivity contribution in [1.82, 2.24) is 5.32 Å². The predicted octanol–water partition coefficient (Wildman–Crippen LogP) is 4.95. The Bertz CT molecular complexity index is 356. The molecule has 0 aliphatic heterocycles. The lowest BCUT2D eigenvalue weighted by Gasteiger charge is -2.25. The highest BCUT2D eigenvalue weighted by molar-refractivity contribution is 9.10. The SMILES string of the molecule is CCCNCC(Cc1ccc(Br)cc1)C[Si](C)(C)C. The molecular weight excluding hydrogens is 314 g/mol. The van der Waals surface area contributed by atoms with Crippen LogP contribution in [0.15, 0.2) is 28.7 Å². The molecule has 0 heterocycles. The minimum absolute atomic E-state index is 0.777. The summed E-state index contributed by atoms with van der Waals surface area (Å²) in [6.07, 6.45) is 2.42. The number of hydrogen-bond donors (Lipinski definition) is 1. The summed E-state index contributed by atoms with van der Waals surface area (Å²) in [4.78, 5) is 0. The van der Waals surface area contributed by atoms with Crippen LogP contribution in [0.4, 0.5) is 0 Å². The highest BCUT2D eigenvalue weighted by Gasteiger charge is 2.20. The van der Waals surface area contributed by atoms with Crippen molar-refractivity contribution in [3.05, 3.63) is 34.3 Å². The van der Waals surface area contributed by atoms with E-state index in [4.69, 9.17) is 0 Å². The van der Waals surface area contributed by atoms with E-state index in [1.807, 2.05) is 0 Å². The summed E-state index contributed by atoms with van der Waals surface area (Å²) in [5.74, 6) is 0.777. The summed E-state index contributed by atoms with van der Waals surface area (Å²) in [6, 6.07) is 10.2. The lowest BCUT2D eigenvalue weighted by Crippen LogP contribution is -2.32. The molecule has 1 aromatic carbocycles. The van der Waals surface area contributed by atoms with Crippen molar-refractivity contribution in [2.45, 2.75) is 45.5 Å². The van der Waals surface area contributed by atoms with Crippen LogP contribution in [0.5, 0.6) is 0 Å². The second-order valence-electron chi connectivity index (χ2n) is 6.67. The Balaban J connectivity index is 2.59. The Morgan fingerprint density at radius 2 is 1.79 bits per heavy atom. The minimum Gasteiger partial charge on any atom is -0.316 e. The van der Waals surface area contributed by atoms with E-state index in [0.717, 1.165) is 19.0 Å². The summed E-state index contributed by atoms with van der Waals surface area (Å²) in [5.41, 5.74) is 1.46. The normalized spacial score (nSPS) is 13.5. The van der Waals surface area contributed by atoms with Gasteiger partial charge < -0.3 is 5.32 Å². The van der Waals surface area contributed by atoms with E-state index in [1.165, 1.54) is 28.9 Å². The molecule has 0 saturated heterocycles. The summed E-state index contributed by atoms with van der Waals surface area (Å²) < 4.78 is 1.17. The largest absolute Gasteiger partial charge is 0.316 e. The molecule has 0 aliphatic carbocycles. The number of rotatable bonds is 8. The van der Waals surface area contributed by atoms with Gasteiger partial charge in [-0.15, -0.1) is 0 Å². The zero-order valence-electron chi connectivity index (χ0n) is 12.8. The van der Waals surface area contributed by atoms with Gasteiger partial charge in [0.05, 0.1) is 0 Å². The molecule has 1 aromatic rings. The molecule has 0 amide bonds. The summed E-state index contributed by atoms with van der Waals surface area (Å²) in [7, 11) is -0.995. The molecule has 0 aromatic heterocycles. The monoisotopic (exact) mass is 341 g/mol. The molecular formula is C16H28BrNSi. The molecule has 0 saturated carbocycles. The maximum absolute atomic E-state index is 3.60. The zero-order valence-corrected chi connectivity index (χ0v) is 15.4. The van der Waals surface area contributed by atoms with E-state index in [9.17, 15) is 0 Å². The topological polar surface area (TPSA) is 12.0 Å². The average molecular weight is 342 g/mol. The Labute approximate surface area is 128 Å². The Morgan fingerprint density at radius 1 is 1.16 bits per heavy atom. The fraction of sp³-hybridized carbons (Fsp3) is 0.625. The average Bonchev–Trinajstić information content (AvgIpc) is 2.30. The molecule has 0 spiro atoms. The Kier molecular flexibility index (Phi) is 7.33. The molecule has 0 radical (unpaired) electrons. The van der Waals surface area contributed by atoms with Crippen molar-refractivity contribution in [1.29, 1.82) is 0 Å². The van der Waals surface area contributed by atoms with Gasteiger partial charge >= 0.3 is 0 Å². The van der Waals surface area contributed by atoms with Crippen LogP contribution < -0.4 is 5.32 Å². The van der Waals surface area contributed by atoms with Crippen LogP contribution in [0, 0.1) is 5.92 Å². The maximum atomic E-state index is 3.60. The molecule has 19 heavy (non-hydrogen) atoms. The van der Waals surface area contributed by atoms with Crippen LogP contribution in [-0.4, -0.2) is 21.2 Å². The van der Waals surface area contributed by atoms with Crippen LogP contribution in [0.2, 0.25) is 25.7 Å². The Morgan fingerprint density at radius 3 is 2.32 bits per heavy atom. The molecule has 3 heteroatoms. The number of nitrogens with one attached hydrogen (secondary N) is 1. The van der Waals surface area contributed by atoms with Crippen molar-refractivity contribution in [3.8, 4) is 0 Å². The molecule has 0 aliphatic rings. The standard InChI is InChI=1S/C16H28BrNSi/c1-5-10-18-12-15(13-19(2,3)4)11-14-6-8-16(17)9-7-14/h6-9,15,18H,5,10-13H2,1-4H3. The zero-order chi connectivity index (χ0) is 14.3. The first-order valence-electron chi connectivity index (χ1n) is 7.36. The molecule has 1 atom stereocenters. The minimum atomic E-state index is -0.995. The maximum Gasteiger partial charge on any atom is 0.0446 e. The lowest BCUT2D eigenvalue weighted by molar-refractivity contribution is 0.505. The second kappa shape index (κ2) is 8.23. The van der Waals surface area contributed by atoms with Gasteiger partial charge in [0.15, 0.2) is 0 Å². The van der Waals surface area contributed by atoms with Gasteiger partial charge in [-0.1, -0.05) is 60.7 Å². The van der Waals surface area contributed by atoms with E-state index in [1.54, 1.807) is 0 Å². The first-order valence-corrected chi connectivity index (χ1v) is 11.9. The molecule has 0 bridgehead atoms. The van der Waals surface area contributed by atoms with Crippen molar-refractivity contribution < 1.29 is 0 Å². The third-order valence-corrected chi connectivity index (χ3v) is 5.53. The van der Waals surface area contributed by atoms with Crippen LogP contribution >= 0.6 is 15.9 Å². The van der Waals surface area contributed by atoms with Gasteiger partial charge in [0.1, 0.15) is 0 Å². The Hall–Kier alpha value is -0.123. The molecule has 1 nitrogen and oxygen atoms in total. The van der Waals surface area contributed by atoms with Gasteiger partial charge in [0.2, 0.25) is 0 Å². The summed E-state index contributed by atoms with van der Waals surface area (Å²) in [6.45, 7) is 12.0. The lowest BCUT2D eigenvalue weighted by atomic mass is 10.0. The molecule has 108 valence electrons. The third kappa shape index (κ3) is 7.90. The van der Waals surface area contributed by atoms with Gasteiger partial charge in [-0.2, -0.15) is 0 Å². The van der Waals surface area contributed by atoms with Crippen molar-refractivity contribution in [3.63, 3.8) is 0 Å². The third-order valence-electron chi connectivity index (χ3n) is 3.20. The van der Waals surface area contributed by atoms with Crippen LogP contribution in [0.1, 0.15) is 18.9 Å². The highest BCUT2D eigenvalue weighted by Crippen LogP contribution is 2.21. The van der Waals surface area contributed by atoms with E-state index < -0.39 is 8.07 Å². The van der Waals surface area contributed by atoms with Crippen molar-refractivity contribution in [2.24, 2.45) is 5.92 Å². The van der Waals surface area contributed by atoms with E-state index in [2.05, 4.69) is 72.1 Å². The van der Waals surface area contributed by atoms with Crippen molar-refractivity contribution in [2.75, 3.05) is 13.1 Å². The van der Waals surface area contributed by atoms with Crippen LogP contribution in [-0.2, 0) is 6.42 Å². The number of halogens is 1. The fourth-order valence-corrected chi connectivity index (χ4v) is 4.80. The smallest absolute Gasteiger partial charge is 0.0446 e. The van der Waals surface area contributed by atoms with Gasteiger partial charge in [-0.3, -0.25) is 0 Å². The first kappa shape index (κ1) is 16.9. The number of hydrogen-bond acceptors (Lipinski definition) is 1. The molecule has 1 rings (SSSR count). The van der Waals surface area contributed by atoms with Gasteiger partial charge in [-0.05, 0) is 49.5 Å². The predicted molar refractivity (Wildman–Crippen MR) is 92.6 cm³/mol. The van der Waals surface area contributed by atoms with Gasteiger partial charge in [0.25, 0.3) is 0 Å². The summed E-state index contributed by atoms with van der Waals surface area (Å²) in [5, 5.41) is 3.60. The number of benzene rings is 1. The van der Waals surface area contributed by atoms with E-state index >= 15 is 0 Å². The van der Waals surface area contributed by atoms with Crippen molar-refractivity contribution >= 4 is 24.0 Å². The quantitative estimate of drug-likeness (QED) is 0.521. The second-order valence-corrected chi connectivity index (χ2v) is 13.1. The molecule has 1 N–H and O–H groups in total. The van der Waals surface area contributed by atoms with Gasteiger partial charge in [-0.25, -0.2) is 0 Å².